The standard InChI is InChI=1S/C13H22N4O3S/c1-5-13(2,3)14-11(18)8-17(6-7-20-4)12(19)10-9-21-16-15-10/h9H,5-8H2,1-4H3,(H,14,18). The smallest absolute Gasteiger partial charge is 0.275 e. The molecular formula is C13H22N4O3S. The van der Waals surface area contributed by atoms with Gasteiger partial charge in [-0.15, -0.1) is 5.10 Å². The number of methoxy groups -OCH3 is 1. The lowest BCUT2D eigenvalue weighted by molar-refractivity contribution is -0.123. The summed E-state index contributed by atoms with van der Waals surface area (Å²) >= 11 is 1.10. The van der Waals surface area contributed by atoms with Gasteiger partial charge in [-0.05, 0) is 31.8 Å². The van der Waals surface area contributed by atoms with Crippen LogP contribution >= 0.6 is 11.5 Å². The molecule has 0 aliphatic carbocycles. The van der Waals surface area contributed by atoms with Crippen molar-refractivity contribution in [3.05, 3.63) is 11.1 Å². The average Bonchev–Trinajstić information content (AvgIpc) is 2.96. The molecule has 0 saturated heterocycles. The zero-order valence-electron chi connectivity index (χ0n) is 12.9. The quantitative estimate of drug-likeness (QED) is 0.771. The van der Waals surface area contributed by atoms with Crippen molar-refractivity contribution in [2.24, 2.45) is 0 Å². The minimum absolute atomic E-state index is 0.0247. The van der Waals surface area contributed by atoms with Gasteiger partial charge in [-0.25, -0.2) is 0 Å². The molecule has 1 aromatic heterocycles. The summed E-state index contributed by atoms with van der Waals surface area (Å²) in [5.41, 5.74) is -0.0476. The number of nitrogens with one attached hydrogen (secondary N) is 1. The number of carbonyl (C=O) groups is 2. The second-order valence-corrected chi connectivity index (χ2v) is 5.91. The third-order valence-electron chi connectivity index (χ3n) is 3.13. The maximum atomic E-state index is 12.3. The van der Waals surface area contributed by atoms with Crippen LogP contribution < -0.4 is 5.32 Å². The van der Waals surface area contributed by atoms with Crippen molar-refractivity contribution in [2.45, 2.75) is 32.7 Å². The fourth-order valence-corrected chi connectivity index (χ4v) is 1.98. The molecule has 21 heavy (non-hydrogen) atoms. The largest absolute Gasteiger partial charge is 0.383 e. The number of ether oxygens (including phenoxy) is 1. The lowest BCUT2D eigenvalue weighted by Gasteiger charge is -2.27. The Labute approximate surface area is 128 Å². The Morgan fingerprint density at radius 2 is 2.19 bits per heavy atom. The van der Waals surface area contributed by atoms with E-state index in [1.165, 1.54) is 4.90 Å². The van der Waals surface area contributed by atoms with Crippen LogP contribution in [-0.2, 0) is 9.53 Å². The molecule has 0 atom stereocenters. The zero-order chi connectivity index (χ0) is 15.9. The van der Waals surface area contributed by atoms with Crippen molar-refractivity contribution in [1.82, 2.24) is 19.8 Å². The van der Waals surface area contributed by atoms with Crippen LogP contribution in [0.2, 0.25) is 0 Å². The molecule has 0 fully saturated rings. The van der Waals surface area contributed by atoms with E-state index in [1.807, 2.05) is 20.8 Å². The summed E-state index contributed by atoms with van der Waals surface area (Å²) < 4.78 is 8.65. The predicted molar refractivity (Wildman–Crippen MR) is 80.2 cm³/mol. The Morgan fingerprint density at radius 3 is 2.71 bits per heavy atom. The molecule has 0 unspecified atom stereocenters. The fraction of sp³-hybridized carbons (Fsp3) is 0.692. The molecule has 0 aliphatic heterocycles. The molecule has 0 aliphatic rings. The number of aromatic nitrogens is 2. The molecule has 7 nitrogen and oxygen atoms in total. The van der Waals surface area contributed by atoms with E-state index in [4.69, 9.17) is 4.74 Å². The van der Waals surface area contributed by atoms with E-state index in [-0.39, 0.29) is 29.6 Å². The van der Waals surface area contributed by atoms with Crippen LogP contribution in [0.3, 0.4) is 0 Å². The first-order chi connectivity index (χ1) is 9.89. The molecule has 0 aromatic carbocycles. The number of rotatable bonds is 8. The summed E-state index contributed by atoms with van der Waals surface area (Å²) in [4.78, 5) is 25.8. The molecule has 0 radical (unpaired) electrons. The second-order valence-electron chi connectivity index (χ2n) is 5.30. The van der Waals surface area contributed by atoms with Crippen LogP contribution in [0.4, 0.5) is 0 Å². The monoisotopic (exact) mass is 314 g/mol. The number of carbonyl (C=O) groups excluding carboxylic acids is 2. The molecule has 1 rings (SSSR count). The maximum absolute atomic E-state index is 12.3. The Morgan fingerprint density at radius 1 is 1.48 bits per heavy atom. The van der Waals surface area contributed by atoms with E-state index in [2.05, 4.69) is 14.9 Å². The van der Waals surface area contributed by atoms with Gasteiger partial charge in [0.05, 0.1) is 13.2 Å². The molecule has 1 N–H and O–H groups in total. The highest BCUT2D eigenvalue weighted by Gasteiger charge is 2.23. The maximum Gasteiger partial charge on any atom is 0.275 e. The summed E-state index contributed by atoms with van der Waals surface area (Å²) in [5, 5.41) is 8.22. The van der Waals surface area contributed by atoms with Crippen molar-refractivity contribution in [2.75, 3.05) is 26.8 Å². The van der Waals surface area contributed by atoms with Crippen LogP contribution in [0.25, 0.3) is 0 Å². The lowest BCUT2D eigenvalue weighted by Crippen LogP contribution is -2.49. The highest BCUT2D eigenvalue weighted by Crippen LogP contribution is 2.08. The molecule has 1 aromatic rings. The summed E-state index contributed by atoms with van der Waals surface area (Å²) in [6.07, 6.45) is 0.806. The van der Waals surface area contributed by atoms with Gasteiger partial charge in [0.2, 0.25) is 5.91 Å². The van der Waals surface area contributed by atoms with E-state index in [1.54, 1.807) is 12.5 Å². The summed E-state index contributed by atoms with van der Waals surface area (Å²) in [7, 11) is 1.55. The van der Waals surface area contributed by atoms with Gasteiger partial charge in [0.15, 0.2) is 5.69 Å². The summed E-state index contributed by atoms with van der Waals surface area (Å²) in [6.45, 7) is 6.53. The lowest BCUT2D eigenvalue weighted by atomic mass is 10.0. The van der Waals surface area contributed by atoms with Gasteiger partial charge in [0, 0.05) is 24.6 Å². The van der Waals surface area contributed by atoms with Crippen LogP contribution in [0.5, 0.6) is 0 Å². The molecule has 118 valence electrons. The van der Waals surface area contributed by atoms with Crippen LogP contribution in [0.1, 0.15) is 37.7 Å². The van der Waals surface area contributed by atoms with E-state index in [0.717, 1.165) is 18.0 Å². The van der Waals surface area contributed by atoms with Gasteiger partial charge in [0.1, 0.15) is 0 Å². The SMILES string of the molecule is CCC(C)(C)NC(=O)CN(CCOC)C(=O)c1csnn1. The molecule has 8 heteroatoms. The normalized spacial score (nSPS) is 11.2. The van der Waals surface area contributed by atoms with Gasteiger partial charge < -0.3 is 15.0 Å². The van der Waals surface area contributed by atoms with Crippen molar-refractivity contribution in [3.63, 3.8) is 0 Å². The van der Waals surface area contributed by atoms with Crippen molar-refractivity contribution in [3.8, 4) is 0 Å². The van der Waals surface area contributed by atoms with Crippen LogP contribution in [0.15, 0.2) is 5.38 Å². The van der Waals surface area contributed by atoms with Gasteiger partial charge in [-0.3, -0.25) is 9.59 Å². The number of hydrogen-bond acceptors (Lipinski definition) is 6. The molecule has 0 saturated carbocycles. The van der Waals surface area contributed by atoms with Crippen LogP contribution in [0, 0.1) is 0 Å². The highest BCUT2D eigenvalue weighted by molar-refractivity contribution is 7.03. The number of nitrogens with zero attached hydrogens (tertiary/aromatic N) is 3. The van der Waals surface area contributed by atoms with Gasteiger partial charge in [-0.1, -0.05) is 11.4 Å². The Bertz CT molecular complexity index is 462. The molecule has 2 amide bonds. The fourth-order valence-electron chi connectivity index (χ4n) is 1.55. The van der Waals surface area contributed by atoms with E-state index >= 15 is 0 Å². The van der Waals surface area contributed by atoms with Crippen molar-refractivity contribution >= 4 is 23.3 Å². The number of amides is 2. The minimum atomic E-state index is -0.315. The first-order valence-corrected chi connectivity index (χ1v) is 7.59. The summed E-state index contributed by atoms with van der Waals surface area (Å²) in [6, 6.07) is 0. The van der Waals surface area contributed by atoms with Gasteiger partial charge >= 0.3 is 0 Å². The average molecular weight is 314 g/mol. The first-order valence-electron chi connectivity index (χ1n) is 6.76. The topological polar surface area (TPSA) is 84.4 Å². The molecule has 1 heterocycles. The van der Waals surface area contributed by atoms with E-state index in [0.29, 0.717) is 13.2 Å². The third kappa shape index (κ3) is 5.76. The minimum Gasteiger partial charge on any atom is -0.383 e. The Balaban J connectivity index is 2.70. The van der Waals surface area contributed by atoms with E-state index in [9.17, 15) is 9.59 Å². The van der Waals surface area contributed by atoms with Crippen molar-refractivity contribution < 1.29 is 14.3 Å². The molecule has 0 bridgehead atoms. The Hall–Kier alpha value is -1.54. The Kier molecular flexibility index (Phi) is 6.70. The van der Waals surface area contributed by atoms with Gasteiger partial charge in [0.25, 0.3) is 5.91 Å². The predicted octanol–water partition coefficient (Wildman–Crippen LogP) is 0.931. The molecular weight excluding hydrogens is 292 g/mol. The number of hydrogen-bond donors (Lipinski definition) is 1. The van der Waals surface area contributed by atoms with Crippen molar-refractivity contribution in [1.29, 1.82) is 0 Å². The zero-order valence-corrected chi connectivity index (χ0v) is 13.7. The molecule has 0 spiro atoms. The third-order valence-corrected chi connectivity index (χ3v) is 3.63. The van der Waals surface area contributed by atoms with Crippen LogP contribution in [-0.4, -0.2) is 58.6 Å². The van der Waals surface area contributed by atoms with Gasteiger partial charge in [-0.2, -0.15) is 0 Å². The first kappa shape index (κ1) is 17.5. The second kappa shape index (κ2) is 8.04. The summed E-state index contributed by atoms with van der Waals surface area (Å²) in [5.74, 6) is -0.514. The highest BCUT2D eigenvalue weighted by atomic mass is 32.1. The van der Waals surface area contributed by atoms with E-state index < -0.39 is 0 Å².